The summed E-state index contributed by atoms with van der Waals surface area (Å²) in [6, 6.07) is 1.70. The van der Waals surface area contributed by atoms with E-state index in [-0.39, 0.29) is 23.9 Å². The molecule has 0 spiro atoms. The summed E-state index contributed by atoms with van der Waals surface area (Å²) in [5.41, 5.74) is 0.794. The molecule has 0 radical (unpaired) electrons. The fraction of sp³-hybridized carbons (Fsp3) is 0.500. The highest BCUT2D eigenvalue weighted by Crippen LogP contribution is 2.04. The molecule has 1 rings (SSSR count). The summed E-state index contributed by atoms with van der Waals surface area (Å²) in [5.74, 6) is -0.429. The lowest BCUT2D eigenvalue weighted by Crippen LogP contribution is -2.33. The summed E-state index contributed by atoms with van der Waals surface area (Å²) in [6.07, 6.45) is 3.77. The lowest BCUT2D eigenvalue weighted by molar-refractivity contribution is 0.0939. The van der Waals surface area contributed by atoms with Crippen molar-refractivity contribution in [2.24, 2.45) is 0 Å². The summed E-state index contributed by atoms with van der Waals surface area (Å²) in [5, 5.41) is 5.61. The Kier molecular flexibility index (Phi) is 5.48. The van der Waals surface area contributed by atoms with Crippen LogP contribution in [0.5, 0.6) is 0 Å². The monoisotopic (exact) mass is 263 g/mol. The van der Waals surface area contributed by atoms with E-state index in [2.05, 4.69) is 15.6 Å². The van der Waals surface area contributed by atoms with E-state index in [0.717, 1.165) is 6.42 Å². The molecule has 0 fully saturated rings. The number of nitrogens with zero attached hydrogens (tertiary/aromatic N) is 1. The van der Waals surface area contributed by atoms with Crippen molar-refractivity contribution >= 4 is 11.8 Å². The Hall–Kier alpha value is -1.91. The first kappa shape index (κ1) is 15.1. The van der Waals surface area contributed by atoms with Gasteiger partial charge in [-0.1, -0.05) is 6.92 Å². The number of carbonyl (C=O) groups is 2. The van der Waals surface area contributed by atoms with Crippen LogP contribution in [0, 0.1) is 0 Å². The van der Waals surface area contributed by atoms with Crippen molar-refractivity contribution < 1.29 is 9.59 Å². The van der Waals surface area contributed by atoms with Gasteiger partial charge < -0.3 is 10.6 Å². The van der Waals surface area contributed by atoms with Gasteiger partial charge in [0.25, 0.3) is 11.8 Å². The zero-order valence-corrected chi connectivity index (χ0v) is 11.9. The number of carbonyl (C=O) groups excluding carboxylic acids is 2. The second kappa shape index (κ2) is 6.87. The first-order chi connectivity index (χ1) is 8.93. The van der Waals surface area contributed by atoms with Crippen LogP contribution in [0.4, 0.5) is 0 Å². The second-order valence-electron chi connectivity index (χ2n) is 4.87. The summed E-state index contributed by atoms with van der Waals surface area (Å²) in [6.45, 7) is 7.69. The van der Waals surface area contributed by atoms with Crippen LogP contribution in [-0.4, -0.2) is 28.9 Å². The molecular formula is C14H21N3O2. The van der Waals surface area contributed by atoms with E-state index >= 15 is 0 Å². The lowest BCUT2D eigenvalue weighted by atomic mass is 10.1. The lowest BCUT2D eigenvalue weighted by Gasteiger charge is -2.12. The largest absolute Gasteiger partial charge is 0.350 e. The molecule has 0 aliphatic rings. The Morgan fingerprint density at radius 3 is 2.11 bits per heavy atom. The topological polar surface area (TPSA) is 71.1 Å². The van der Waals surface area contributed by atoms with Gasteiger partial charge in [-0.05, 0) is 33.3 Å². The van der Waals surface area contributed by atoms with Crippen LogP contribution in [0.1, 0.15) is 54.8 Å². The molecule has 0 saturated carbocycles. The fourth-order valence-electron chi connectivity index (χ4n) is 1.44. The van der Waals surface area contributed by atoms with Crippen LogP contribution in [0.3, 0.4) is 0 Å². The minimum absolute atomic E-state index is 0.0464. The SMILES string of the molecule is CCC(C)NC(=O)c1cncc(C(=O)NC(C)C)c1. The van der Waals surface area contributed by atoms with E-state index in [0.29, 0.717) is 11.1 Å². The number of amides is 2. The van der Waals surface area contributed by atoms with E-state index < -0.39 is 0 Å². The van der Waals surface area contributed by atoms with Gasteiger partial charge in [-0.3, -0.25) is 14.6 Å². The number of nitrogens with one attached hydrogen (secondary N) is 2. The molecule has 104 valence electrons. The standard InChI is InChI=1S/C14H21N3O2/c1-5-10(4)17-14(19)12-6-11(7-15-8-12)13(18)16-9(2)3/h6-10H,5H2,1-4H3,(H,16,18)(H,17,19). The van der Waals surface area contributed by atoms with Gasteiger partial charge in [0.15, 0.2) is 0 Å². The van der Waals surface area contributed by atoms with Gasteiger partial charge in [-0.2, -0.15) is 0 Å². The molecule has 0 aliphatic carbocycles. The molecule has 0 bridgehead atoms. The minimum Gasteiger partial charge on any atom is -0.350 e. The molecule has 1 heterocycles. The van der Waals surface area contributed by atoms with Gasteiger partial charge in [-0.15, -0.1) is 0 Å². The van der Waals surface area contributed by atoms with Gasteiger partial charge in [0.05, 0.1) is 11.1 Å². The van der Waals surface area contributed by atoms with E-state index in [4.69, 9.17) is 0 Å². The molecule has 1 unspecified atom stereocenters. The van der Waals surface area contributed by atoms with E-state index in [9.17, 15) is 9.59 Å². The second-order valence-corrected chi connectivity index (χ2v) is 4.87. The zero-order chi connectivity index (χ0) is 14.4. The summed E-state index contributed by atoms with van der Waals surface area (Å²) < 4.78 is 0. The molecule has 0 aromatic carbocycles. The molecule has 2 amide bonds. The molecule has 2 N–H and O–H groups in total. The molecule has 1 aromatic heterocycles. The van der Waals surface area contributed by atoms with Crippen molar-refractivity contribution in [3.63, 3.8) is 0 Å². The van der Waals surface area contributed by atoms with E-state index in [1.54, 1.807) is 6.07 Å². The van der Waals surface area contributed by atoms with E-state index in [1.807, 2.05) is 27.7 Å². The number of rotatable bonds is 5. The van der Waals surface area contributed by atoms with Crippen molar-refractivity contribution in [2.75, 3.05) is 0 Å². The maximum Gasteiger partial charge on any atom is 0.253 e. The fourth-order valence-corrected chi connectivity index (χ4v) is 1.44. The number of aromatic nitrogens is 1. The Balaban J connectivity index is 2.82. The van der Waals surface area contributed by atoms with Gasteiger partial charge in [-0.25, -0.2) is 0 Å². The molecule has 0 aliphatic heterocycles. The third-order valence-corrected chi connectivity index (χ3v) is 2.67. The minimum atomic E-state index is -0.222. The van der Waals surface area contributed by atoms with Gasteiger partial charge in [0.1, 0.15) is 0 Å². The average molecular weight is 263 g/mol. The van der Waals surface area contributed by atoms with Crippen molar-refractivity contribution in [3.05, 3.63) is 29.6 Å². The Morgan fingerprint density at radius 1 is 1.11 bits per heavy atom. The van der Waals surface area contributed by atoms with E-state index in [1.165, 1.54) is 12.4 Å². The van der Waals surface area contributed by atoms with Crippen LogP contribution in [-0.2, 0) is 0 Å². The predicted molar refractivity (Wildman–Crippen MR) is 74.1 cm³/mol. The maximum atomic E-state index is 11.9. The van der Waals surface area contributed by atoms with Crippen molar-refractivity contribution in [2.45, 2.75) is 46.2 Å². The molecule has 5 heteroatoms. The zero-order valence-electron chi connectivity index (χ0n) is 11.9. The molecular weight excluding hydrogens is 242 g/mol. The quantitative estimate of drug-likeness (QED) is 0.850. The smallest absolute Gasteiger partial charge is 0.253 e. The third kappa shape index (κ3) is 4.69. The number of hydrogen-bond donors (Lipinski definition) is 2. The summed E-state index contributed by atoms with van der Waals surface area (Å²) in [7, 11) is 0. The van der Waals surface area contributed by atoms with Crippen LogP contribution < -0.4 is 10.6 Å². The maximum absolute atomic E-state index is 11.9. The van der Waals surface area contributed by atoms with Gasteiger partial charge in [0, 0.05) is 24.5 Å². The first-order valence-corrected chi connectivity index (χ1v) is 6.50. The Labute approximate surface area is 113 Å². The summed E-state index contributed by atoms with van der Waals surface area (Å²) >= 11 is 0. The number of hydrogen-bond acceptors (Lipinski definition) is 3. The highest BCUT2D eigenvalue weighted by Gasteiger charge is 2.13. The Morgan fingerprint density at radius 2 is 1.63 bits per heavy atom. The molecule has 5 nitrogen and oxygen atoms in total. The normalized spacial score (nSPS) is 12.1. The Bertz CT molecular complexity index is 458. The predicted octanol–water partition coefficient (Wildman–Crippen LogP) is 1.75. The van der Waals surface area contributed by atoms with Crippen LogP contribution >= 0.6 is 0 Å². The van der Waals surface area contributed by atoms with Crippen LogP contribution in [0.15, 0.2) is 18.5 Å². The van der Waals surface area contributed by atoms with Crippen LogP contribution in [0.2, 0.25) is 0 Å². The highest BCUT2D eigenvalue weighted by molar-refractivity contribution is 5.99. The van der Waals surface area contributed by atoms with Crippen molar-refractivity contribution in [3.8, 4) is 0 Å². The molecule has 1 atom stereocenters. The van der Waals surface area contributed by atoms with Gasteiger partial charge >= 0.3 is 0 Å². The summed E-state index contributed by atoms with van der Waals surface area (Å²) in [4.78, 5) is 27.7. The number of pyridine rings is 1. The van der Waals surface area contributed by atoms with Crippen molar-refractivity contribution in [1.29, 1.82) is 0 Å². The first-order valence-electron chi connectivity index (χ1n) is 6.50. The van der Waals surface area contributed by atoms with Crippen molar-refractivity contribution in [1.82, 2.24) is 15.6 Å². The molecule has 19 heavy (non-hydrogen) atoms. The van der Waals surface area contributed by atoms with Gasteiger partial charge in [0.2, 0.25) is 0 Å². The third-order valence-electron chi connectivity index (χ3n) is 2.67. The average Bonchev–Trinajstić information content (AvgIpc) is 2.37. The molecule has 1 aromatic rings. The molecule has 0 saturated heterocycles. The highest BCUT2D eigenvalue weighted by atomic mass is 16.2. The van der Waals surface area contributed by atoms with Crippen LogP contribution in [0.25, 0.3) is 0 Å².